The van der Waals surface area contributed by atoms with Gasteiger partial charge in [0.15, 0.2) is 0 Å². The third-order valence-electron chi connectivity index (χ3n) is 6.75. The number of carbonyl (C=O) groups is 2. The van der Waals surface area contributed by atoms with Gasteiger partial charge in [0.1, 0.15) is 5.58 Å². The molecule has 0 aliphatic carbocycles. The monoisotopic (exact) mass is 495 g/mol. The van der Waals surface area contributed by atoms with E-state index in [0.29, 0.717) is 31.1 Å². The standard InChI is InChI=1S/C28H34ClN3O3/c1-19-15-24-27(20(2)28(19)29)22(18-35-24)16-26(34)32-13-7-6-11-30-23(21-9-4-3-5-10-21)17-25(33)31-12-8-14-32/h3-5,9-10,15,18,23,30H,6-8,11-14,16-17H2,1-2H3,(H,31,33). The van der Waals surface area contributed by atoms with Crippen molar-refractivity contribution in [2.45, 2.75) is 52.0 Å². The molecule has 1 atom stereocenters. The molecule has 0 bridgehead atoms. The number of hydrogen-bond acceptors (Lipinski definition) is 4. The van der Waals surface area contributed by atoms with Gasteiger partial charge in [0.05, 0.1) is 12.7 Å². The second kappa shape index (κ2) is 11.7. The maximum atomic E-state index is 13.3. The van der Waals surface area contributed by atoms with Crippen LogP contribution in [0.3, 0.4) is 0 Å². The van der Waals surface area contributed by atoms with E-state index in [1.165, 1.54) is 0 Å². The lowest BCUT2D eigenvalue weighted by Crippen LogP contribution is -2.36. The molecule has 1 aromatic heterocycles. The molecule has 7 heteroatoms. The molecular weight excluding hydrogens is 462 g/mol. The van der Waals surface area contributed by atoms with E-state index in [4.69, 9.17) is 16.0 Å². The van der Waals surface area contributed by atoms with E-state index in [9.17, 15) is 9.59 Å². The number of halogens is 1. The number of nitrogens with one attached hydrogen (secondary N) is 2. The molecule has 35 heavy (non-hydrogen) atoms. The van der Waals surface area contributed by atoms with Gasteiger partial charge in [-0.2, -0.15) is 0 Å². The van der Waals surface area contributed by atoms with Gasteiger partial charge < -0.3 is 20.0 Å². The van der Waals surface area contributed by atoms with Gasteiger partial charge >= 0.3 is 0 Å². The van der Waals surface area contributed by atoms with Crippen LogP contribution in [-0.4, -0.2) is 42.9 Å². The van der Waals surface area contributed by atoms with Crippen molar-refractivity contribution < 1.29 is 14.0 Å². The lowest BCUT2D eigenvalue weighted by Gasteiger charge is -2.23. The van der Waals surface area contributed by atoms with Crippen LogP contribution in [0, 0.1) is 13.8 Å². The highest BCUT2D eigenvalue weighted by molar-refractivity contribution is 6.33. The van der Waals surface area contributed by atoms with E-state index < -0.39 is 0 Å². The first-order valence-electron chi connectivity index (χ1n) is 12.4. The fraction of sp³-hybridized carbons (Fsp3) is 0.429. The number of aryl methyl sites for hydroxylation is 2. The number of hydrogen-bond donors (Lipinski definition) is 2. The van der Waals surface area contributed by atoms with E-state index in [1.807, 2.05) is 43.0 Å². The summed E-state index contributed by atoms with van der Waals surface area (Å²) in [6, 6.07) is 12.0. The van der Waals surface area contributed by atoms with Crippen molar-refractivity contribution in [1.82, 2.24) is 15.5 Å². The number of fused-ring (bicyclic) bond motifs is 1. The summed E-state index contributed by atoms with van der Waals surface area (Å²) in [6.45, 7) is 6.57. The molecular formula is C28H34ClN3O3. The Bertz CT molecular complexity index is 1180. The van der Waals surface area contributed by atoms with Crippen molar-refractivity contribution in [1.29, 1.82) is 0 Å². The van der Waals surface area contributed by atoms with Crippen molar-refractivity contribution >= 4 is 34.4 Å². The molecule has 1 aliphatic rings. The highest BCUT2D eigenvalue weighted by Crippen LogP contribution is 2.33. The third-order valence-corrected chi connectivity index (χ3v) is 7.33. The summed E-state index contributed by atoms with van der Waals surface area (Å²) in [5.41, 5.74) is 4.66. The van der Waals surface area contributed by atoms with Gasteiger partial charge in [-0.25, -0.2) is 0 Å². The Kier molecular flexibility index (Phi) is 8.47. The van der Waals surface area contributed by atoms with E-state index in [1.54, 1.807) is 6.26 Å². The first kappa shape index (κ1) is 25.3. The number of amides is 2. The van der Waals surface area contributed by atoms with Gasteiger partial charge in [0.2, 0.25) is 11.8 Å². The van der Waals surface area contributed by atoms with Crippen LogP contribution in [0.1, 0.15) is 54.0 Å². The quantitative estimate of drug-likeness (QED) is 0.530. The lowest BCUT2D eigenvalue weighted by molar-refractivity contribution is -0.130. The Morgan fingerprint density at radius 1 is 1.11 bits per heavy atom. The summed E-state index contributed by atoms with van der Waals surface area (Å²) in [5, 5.41) is 8.20. The number of rotatable bonds is 3. The molecule has 2 N–H and O–H groups in total. The zero-order chi connectivity index (χ0) is 24.8. The first-order valence-corrected chi connectivity index (χ1v) is 12.8. The summed E-state index contributed by atoms with van der Waals surface area (Å²) >= 11 is 6.47. The molecule has 2 aromatic carbocycles. The van der Waals surface area contributed by atoms with E-state index in [0.717, 1.165) is 59.0 Å². The van der Waals surface area contributed by atoms with E-state index >= 15 is 0 Å². The van der Waals surface area contributed by atoms with Crippen molar-refractivity contribution in [3.63, 3.8) is 0 Å². The second-order valence-electron chi connectivity index (χ2n) is 9.36. The highest BCUT2D eigenvalue weighted by atomic mass is 35.5. The minimum atomic E-state index is -0.0113. The summed E-state index contributed by atoms with van der Waals surface area (Å²) < 4.78 is 5.75. The fourth-order valence-electron chi connectivity index (χ4n) is 4.83. The van der Waals surface area contributed by atoms with Gasteiger partial charge in [-0.3, -0.25) is 9.59 Å². The number of benzene rings is 2. The summed E-state index contributed by atoms with van der Waals surface area (Å²) in [6.07, 6.45) is 4.90. The van der Waals surface area contributed by atoms with Crippen LogP contribution in [0.15, 0.2) is 47.1 Å². The predicted octanol–water partition coefficient (Wildman–Crippen LogP) is 5.10. The molecule has 0 spiro atoms. The van der Waals surface area contributed by atoms with Crippen molar-refractivity contribution in [3.05, 3.63) is 69.9 Å². The molecule has 2 heterocycles. The molecule has 1 unspecified atom stereocenters. The molecule has 1 saturated heterocycles. The third kappa shape index (κ3) is 6.24. The zero-order valence-corrected chi connectivity index (χ0v) is 21.3. The Balaban J connectivity index is 1.42. The van der Waals surface area contributed by atoms with Gasteiger partial charge in [0.25, 0.3) is 0 Å². The van der Waals surface area contributed by atoms with Gasteiger partial charge in [-0.15, -0.1) is 0 Å². The summed E-state index contributed by atoms with van der Waals surface area (Å²) in [4.78, 5) is 27.8. The predicted molar refractivity (Wildman–Crippen MR) is 140 cm³/mol. The van der Waals surface area contributed by atoms with Crippen LogP contribution in [-0.2, 0) is 16.0 Å². The average molecular weight is 496 g/mol. The van der Waals surface area contributed by atoms with Crippen molar-refractivity contribution in [2.75, 3.05) is 26.2 Å². The molecule has 2 amide bonds. The minimum absolute atomic E-state index is 0.0113. The number of carbonyl (C=O) groups excluding carboxylic acids is 2. The molecule has 4 rings (SSSR count). The molecule has 3 aromatic rings. The SMILES string of the molecule is Cc1cc2occ(CC(=O)N3CCCCNC(c4ccccc4)CC(=O)NCCC3)c2c(C)c1Cl. The molecule has 0 radical (unpaired) electrons. The Hall–Kier alpha value is -2.83. The van der Waals surface area contributed by atoms with Gasteiger partial charge in [-0.1, -0.05) is 41.9 Å². The van der Waals surface area contributed by atoms with Crippen LogP contribution >= 0.6 is 11.6 Å². The Labute approximate surface area is 212 Å². The van der Waals surface area contributed by atoms with Crippen LogP contribution < -0.4 is 10.6 Å². The average Bonchev–Trinajstić information content (AvgIpc) is 3.25. The molecule has 6 nitrogen and oxygen atoms in total. The second-order valence-corrected chi connectivity index (χ2v) is 9.73. The fourth-order valence-corrected chi connectivity index (χ4v) is 4.98. The normalized spacial score (nSPS) is 18.4. The number of nitrogens with zero attached hydrogens (tertiary/aromatic N) is 1. The van der Waals surface area contributed by atoms with Crippen LogP contribution in [0.25, 0.3) is 11.0 Å². The Morgan fingerprint density at radius 2 is 1.89 bits per heavy atom. The van der Waals surface area contributed by atoms with Gasteiger partial charge in [-0.05, 0) is 62.4 Å². The first-order chi connectivity index (χ1) is 16.9. The van der Waals surface area contributed by atoms with E-state index in [-0.39, 0.29) is 24.3 Å². The maximum absolute atomic E-state index is 13.3. The summed E-state index contributed by atoms with van der Waals surface area (Å²) in [7, 11) is 0. The van der Waals surface area contributed by atoms with Crippen molar-refractivity contribution in [2.24, 2.45) is 0 Å². The van der Waals surface area contributed by atoms with Crippen LogP contribution in [0.5, 0.6) is 0 Å². The topological polar surface area (TPSA) is 74.6 Å². The van der Waals surface area contributed by atoms with Crippen molar-refractivity contribution in [3.8, 4) is 0 Å². The minimum Gasteiger partial charge on any atom is -0.464 e. The maximum Gasteiger partial charge on any atom is 0.227 e. The molecule has 1 aliphatic heterocycles. The lowest BCUT2D eigenvalue weighted by atomic mass is 10.0. The molecule has 186 valence electrons. The molecule has 1 fully saturated rings. The largest absolute Gasteiger partial charge is 0.464 e. The van der Waals surface area contributed by atoms with Gasteiger partial charge in [0, 0.05) is 48.1 Å². The molecule has 0 saturated carbocycles. The zero-order valence-electron chi connectivity index (χ0n) is 20.5. The smallest absolute Gasteiger partial charge is 0.227 e. The summed E-state index contributed by atoms with van der Waals surface area (Å²) in [5.74, 6) is 0.0936. The highest BCUT2D eigenvalue weighted by Gasteiger charge is 2.20. The Morgan fingerprint density at radius 3 is 2.69 bits per heavy atom. The van der Waals surface area contributed by atoms with Crippen LogP contribution in [0.2, 0.25) is 5.02 Å². The van der Waals surface area contributed by atoms with Crippen LogP contribution in [0.4, 0.5) is 0 Å². The van der Waals surface area contributed by atoms with E-state index in [2.05, 4.69) is 22.8 Å². The number of furan rings is 1.